The normalized spacial score (nSPS) is 18.9. The minimum atomic E-state index is 0.909. The van der Waals surface area contributed by atoms with Gasteiger partial charge < -0.3 is 0 Å². The molecule has 3 heteroatoms. The van der Waals surface area contributed by atoms with E-state index in [4.69, 9.17) is 0 Å². The molecule has 1 rings (SSSR count). The van der Waals surface area contributed by atoms with Crippen LogP contribution >= 0.6 is 23.5 Å². The van der Waals surface area contributed by atoms with Crippen molar-refractivity contribution in [2.45, 2.75) is 0 Å². The van der Waals surface area contributed by atoms with Crippen molar-refractivity contribution in [1.29, 1.82) is 0 Å². The van der Waals surface area contributed by atoms with Crippen LogP contribution in [0.25, 0.3) is 0 Å². The first-order chi connectivity index (χ1) is 3.93. The van der Waals surface area contributed by atoms with E-state index in [1.54, 1.807) is 11.8 Å². The van der Waals surface area contributed by atoms with E-state index >= 15 is 0 Å². The van der Waals surface area contributed by atoms with Crippen LogP contribution in [-0.2, 0) is 0 Å². The highest BCUT2D eigenvalue weighted by atomic mass is 32.2. The van der Waals surface area contributed by atoms with Gasteiger partial charge >= 0.3 is 0 Å². The van der Waals surface area contributed by atoms with E-state index in [1.165, 1.54) is 10.1 Å². The second-order valence-electron chi connectivity index (χ2n) is 1.34. The molecule has 1 aliphatic heterocycles. The van der Waals surface area contributed by atoms with Gasteiger partial charge in [0.25, 0.3) is 0 Å². The summed E-state index contributed by atoms with van der Waals surface area (Å²) in [4.78, 5) is 4.23. The summed E-state index contributed by atoms with van der Waals surface area (Å²) in [6.07, 6.45) is 0. The number of hydrogen-bond acceptors (Lipinski definition) is 3. The van der Waals surface area contributed by atoms with Crippen LogP contribution in [0, 0.1) is 6.92 Å². The quantitative estimate of drug-likeness (QED) is 0.558. The minimum Gasteiger partial charge on any atom is -0.271 e. The summed E-state index contributed by atoms with van der Waals surface area (Å²) in [6, 6.07) is 0. The Hall–Kier alpha value is 0.370. The van der Waals surface area contributed by atoms with Crippen LogP contribution in [0.5, 0.6) is 0 Å². The lowest BCUT2D eigenvalue weighted by molar-refractivity contribution is 1.18. The first-order valence-corrected chi connectivity index (χ1v) is 4.50. The lowest BCUT2D eigenvalue weighted by atomic mass is 10.8. The van der Waals surface area contributed by atoms with Crippen molar-refractivity contribution in [1.82, 2.24) is 0 Å². The predicted molar refractivity (Wildman–Crippen MR) is 42.6 cm³/mol. The second-order valence-corrected chi connectivity index (χ2v) is 3.77. The molecule has 1 nitrogen and oxygen atoms in total. The molecule has 8 heavy (non-hydrogen) atoms. The van der Waals surface area contributed by atoms with Crippen molar-refractivity contribution in [2.75, 3.05) is 18.1 Å². The molecule has 45 valence electrons. The molecule has 0 aromatic heterocycles. The van der Waals surface area contributed by atoms with Gasteiger partial charge in [-0.15, -0.1) is 0 Å². The molecule has 0 saturated carbocycles. The maximum Gasteiger partial charge on any atom is 0.124 e. The van der Waals surface area contributed by atoms with E-state index in [9.17, 15) is 0 Å². The Balaban J connectivity index is 2.23. The number of aliphatic imine (C=N–C) groups is 1. The summed E-state index contributed by atoms with van der Waals surface area (Å²) in [6.45, 7) is 4.72. The van der Waals surface area contributed by atoms with Gasteiger partial charge in [0, 0.05) is 11.5 Å². The van der Waals surface area contributed by atoms with Crippen molar-refractivity contribution < 1.29 is 0 Å². The van der Waals surface area contributed by atoms with Gasteiger partial charge in [-0.2, -0.15) is 0 Å². The first-order valence-electron chi connectivity index (χ1n) is 2.53. The zero-order chi connectivity index (χ0) is 5.82. The third kappa shape index (κ3) is 1.71. The van der Waals surface area contributed by atoms with Crippen molar-refractivity contribution >= 4 is 27.9 Å². The average molecular weight is 146 g/mol. The van der Waals surface area contributed by atoms with Crippen LogP contribution in [0.1, 0.15) is 0 Å². The SMILES string of the molecule is [CH2]CSC1=NCCS1. The third-order valence-electron chi connectivity index (χ3n) is 0.783. The maximum absolute atomic E-state index is 4.23. The number of nitrogens with zero attached hydrogens (tertiary/aromatic N) is 1. The molecular weight excluding hydrogens is 138 g/mol. The standard InChI is InChI=1S/C5H8NS2/c1-2-7-5-6-3-4-8-5/h1-4H2. The summed E-state index contributed by atoms with van der Waals surface area (Å²) in [5.74, 6) is 2.08. The molecule has 0 amide bonds. The van der Waals surface area contributed by atoms with Gasteiger partial charge in [-0.3, -0.25) is 4.99 Å². The second kappa shape index (κ2) is 3.41. The molecule has 0 aromatic rings. The highest BCUT2D eigenvalue weighted by Gasteiger charge is 2.04. The summed E-state index contributed by atoms with van der Waals surface area (Å²) >= 11 is 3.58. The van der Waals surface area contributed by atoms with Crippen molar-refractivity contribution in [2.24, 2.45) is 4.99 Å². The van der Waals surface area contributed by atoms with E-state index in [-0.39, 0.29) is 0 Å². The fourth-order valence-electron chi connectivity index (χ4n) is 0.490. The highest BCUT2D eigenvalue weighted by molar-refractivity contribution is 8.39. The Morgan fingerprint density at radius 2 is 2.75 bits per heavy atom. The van der Waals surface area contributed by atoms with Gasteiger partial charge in [-0.05, 0) is 6.92 Å². The maximum atomic E-state index is 4.23. The van der Waals surface area contributed by atoms with E-state index in [0.717, 1.165) is 12.3 Å². The Bertz CT molecular complexity index is 101. The molecule has 0 bridgehead atoms. The number of thioether (sulfide) groups is 2. The van der Waals surface area contributed by atoms with Crippen molar-refractivity contribution in [3.63, 3.8) is 0 Å². The van der Waals surface area contributed by atoms with Crippen LogP contribution in [0.15, 0.2) is 4.99 Å². The van der Waals surface area contributed by atoms with Crippen LogP contribution in [0.3, 0.4) is 0 Å². The number of hydrogen-bond donors (Lipinski definition) is 0. The van der Waals surface area contributed by atoms with Gasteiger partial charge in [0.15, 0.2) is 0 Å². The summed E-state index contributed by atoms with van der Waals surface area (Å²) < 4.78 is 1.22. The van der Waals surface area contributed by atoms with Crippen LogP contribution in [0.2, 0.25) is 0 Å². The minimum absolute atomic E-state index is 0.909. The largest absolute Gasteiger partial charge is 0.271 e. The third-order valence-corrected chi connectivity index (χ3v) is 2.83. The van der Waals surface area contributed by atoms with Gasteiger partial charge in [0.2, 0.25) is 0 Å². The number of rotatable bonds is 1. The smallest absolute Gasteiger partial charge is 0.124 e. The van der Waals surface area contributed by atoms with Gasteiger partial charge in [-0.1, -0.05) is 23.5 Å². The molecule has 0 atom stereocenters. The van der Waals surface area contributed by atoms with Crippen molar-refractivity contribution in [3.05, 3.63) is 6.92 Å². The zero-order valence-electron chi connectivity index (χ0n) is 4.59. The molecule has 1 heterocycles. The van der Waals surface area contributed by atoms with Gasteiger partial charge in [0.1, 0.15) is 4.38 Å². The van der Waals surface area contributed by atoms with E-state index in [2.05, 4.69) is 11.9 Å². The molecule has 0 aliphatic carbocycles. The first kappa shape index (κ1) is 6.49. The zero-order valence-corrected chi connectivity index (χ0v) is 6.23. The van der Waals surface area contributed by atoms with E-state index in [1.807, 2.05) is 11.8 Å². The average Bonchev–Trinajstić information content (AvgIpc) is 2.19. The molecule has 1 aliphatic rings. The van der Waals surface area contributed by atoms with Gasteiger partial charge in [0.05, 0.1) is 6.54 Å². The molecular formula is C5H8NS2. The Morgan fingerprint density at radius 3 is 3.25 bits per heavy atom. The molecule has 0 fully saturated rings. The summed E-state index contributed by atoms with van der Waals surface area (Å²) in [7, 11) is 0. The Morgan fingerprint density at radius 1 is 1.88 bits per heavy atom. The molecule has 0 unspecified atom stereocenters. The van der Waals surface area contributed by atoms with Crippen LogP contribution in [-0.4, -0.2) is 22.4 Å². The van der Waals surface area contributed by atoms with E-state index in [0.29, 0.717) is 0 Å². The fraction of sp³-hybridized carbons (Fsp3) is 0.600. The highest BCUT2D eigenvalue weighted by Crippen LogP contribution is 2.20. The van der Waals surface area contributed by atoms with Crippen LogP contribution in [0.4, 0.5) is 0 Å². The lowest BCUT2D eigenvalue weighted by Gasteiger charge is -1.90. The monoisotopic (exact) mass is 146 g/mol. The summed E-state index contributed by atoms with van der Waals surface area (Å²) in [5.41, 5.74) is 0. The predicted octanol–water partition coefficient (Wildman–Crippen LogP) is 1.66. The lowest BCUT2D eigenvalue weighted by Crippen LogP contribution is -1.78. The van der Waals surface area contributed by atoms with Crippen LogP contribution < -0.4 is 0 Å². The molecule has 1 radical (unpaired) electrons. The van der Waals surface area contributed by atoms with Crippen molar-refractivity contribution in [3.8, 4) is 0 Å². The Labute approximate surface area is 58.3 Å². The fourth-order valence-corrected chi connectivity index (χ4v) is 2.22. The Kier molecular flexibility index (Phi) is 2.76. The molecule has 0 saturated heterocycles. The van der Waals surface area contributed by atoms with E-state index < -0.39 is 0 Å². The van der Waals surface area contributed by atoms with Gasteiger partial charge in [-0.25, -0.2) is 0 Å². The topological polar surface area (TPSA) is 12.4 Å². The molecule has 0 N–H and O–H groups in total. The molecule has 0 aromatic carbocycles. The summed E-state index contributed by atoms with van der Waals surface area (Å²) in [5, 5.41) is 0. The molecule has 0 spiro atoms.